The molecular formula is C12H17NO4S. The molecule has 0 spiro atoms. The van der Waals surface area contributed by atoms with Gasteiger partial charge in [0.15, 0.2) is 6.29 Å². The minimum Gasteiger partial charge on any atom is -0.354 e. The third kappa shape index (κ3) is 2.42. The lowest BCUT2D eigenvalue weighted by atomic mass is 10.2. The highest BCUT2D eigenvalue weighted by Gasteiger charge is 2.38. The first-order valence-corrected chi connectivity index (χ1v) is 7.16. The summed E-state index contributed by atoms with van der Waals surface area (Å²) in [4.78, 5) is 0.278. The molecule has 0 radical (unpaired) electrons. The van der Waals surface area contributed by atoms with Gasteiger partial charge in [-0.2, -0.15) is 4.31 Å². The van der Waals surface area contributed by atoms with Crippen LogP contribution in [0.3, 0.4) is 0 Å². The quantitative estimate of drug-likeness (QED) is 0.832. The van der Waals surface area contributed by atoms with Crippen LogP contribution in [0.1, 0.15) is 12.5 Å². The van der Waals surface area contributed by atoms with E-state index in [2.05, 4.69) is 0 Å². The molecule has 18 heavy (non-hydrogen) atoms. The van der Waals surface area contributed by atoms with Gasteiger partial charge in [-0.1, -0.05) is 17.7 Å². The summed E-state index contributed by atoms with van der Waals surface area (Å²) in [5.41, 5.74) is 1.02. The third-order valence-electron chi connectivity index (χ3n) is 2.97. The molecule has 1 aliphatic rings. The van der Waals surface area contributed by atoms with Gasteiger partial charge < -0.3 is 9.47 Å². The molecule has 1 aromatic rings. The number of methoxy groups -OCH3 is 1. The SMILES string of the molecule is CO[C@H]1CN(S(=O)(=O)c2ccc(C)cc2)[C@@H](C)O1. The molecule has 0 saturated carbocycles. The standard InChI is InChI=1S/C12H17NO4S/c1-9-4-6-11(7-5-9)18(14,15)13-8-12(16-3)17-10(13)2/h4-7,10,12H,8H2,1-3H3/t10-,12-/m1/s1. The fraction of sp³-hybridized carbons (Fsp3) is 0.500. The Morgan fingerprint density at radius 3 is 2.44 bits per heavy atom. The van der Waals surface area contributed by atoms with E-state index >= 15 is 0 Å². The molecule has 0 unspecified atom stereocenters. The highest BCUT2D eigenvalue weighted by atomic mass is 32.2. The monoisotopic (exact) mass is 271 g/mol. The maximum Gasteiger partial charge on any atom is 0.245 e. The maximum absolute atomic E-state index is 12.4. The van der Waals surface area contributed by atoms with Crippen LogP contribution in [0.2, 0.25) is 0 Å². The van der Waals surface area contributed by atoms with Crippen molar-refractivity contribution in [1.82, 2.24) is 4.31 Å². The maximum atomic E-state index is 12.4. The molecule has 1 aliphatic heterocycles. The lowest BCUT2D eigenvalue weighted by Crippen LogP contribution is -2.34. The molecule has 100 valence electrons. The lowest BCUT2D eigenvalue weighted by Gasteiger charge is -2.18. The van der Waals surface area contributed by atoms with Crippen molar-refractivity contribution in [3.63, 3.8) is 0 Å². The highest BCUT2D eigenvalue weighted by Crippen LogP contribution is 2.25. The average Bonchev–Trinajstić information content (AvgIpc) is 2.72. The van der Waals surface area contributed by atoms with Gasteiger partial charge in [-0.25, -0.2) is 8.42 Å². The van der Waals surface area contributed by atoms with Gasteiger partial charge in [-0.05, 0) is 26.0 Å². The van der Waals surface area contributed by atoms with E-state index in [1.807, 2.05) is 6.92 Å². The van der Waals surface area contributed by atoms with E-state index in [-0.39, 0.29) is 11.4 Å². The van der Waals surface area contributed by atoms with Crippen LogP contribution in [-0.4, -0.2) is 38.9 Å². The highest BCUT2D eigenvalue weighted by molar-refractivity contribution is 7.89. The van der Waals surface area contributed by atoms with E-state index < -0.39 is 22.5 Å². The van der Waals surface area contributed by atoms with Crippen LogP contribution in [0.5, 0.6) is 0 Å². The third-order valence-corrected chi connectivity index (χ3v) is 4.91. The molecule has 0 amide bonds. The zero-order valence-electron chi connectivity index (χ0n) is 10.7. The summed E-state index contributed by atoms with van der Waals surface area (Å²) >= 11 is 0. The normalized spacial score (nSPS) is 25.5. The molecule has 1 heterocycles. The molecule has 0 N–H and O–H groups in total. The zero-order valence-corrected chi connectivity index (χ0v) is 11.5. The van der Waals surface area contributed by atoms with Gasteiger partial charge in [0.2, 0.25) is 10.0 Å². The van der Waals surface area contributed by atoms with Crippen molar-refractivity contribution >= 4 is 10.0 Å². The molecule has 5 nitrogen and oxygen atoms in total. The van der Waals surface area contributed by atoms with E-state index in [4.69, 9.17) is 9.47 Å². The van der Waals surface area contributed by atoms with Crippen molar-refractivity contribution in [2.75, 3.05) is 13.7 Å². The minimum absolute atomic E-state index is 0.216. The van der Waals surface area contributed by atoms with Crippen LogP contribution in [0, 0.1) is 6.92 Å². The van der Waals surface area contributed by atoms with Crippen LogP contribution < -0.4 is 0 Å². The summed E-state index contributed by atoms with van der Waals surface area (Å²) in [6, 6.07) is 6.78. The van der Waals surface area contributed by atoms with Crippen LogP contribution in [0.25, 0.3) is 0 Å². The first-order chi connectivity index (χ1) is 8.45. The summed E-state index contributed by atoms with van der Waals surface area (Å²) in [5.74, 6) is 0. The fourth-order valence-corrected chi connectivity index (χ4v) is 3.40. The summed E-state index contributed by atoms with van der Waals surface area (Å²) in [6.07, 6.45) is -1.01. The van der Waals surface area contributed by atoms with E-state index in [1.165, 1.54) is 11.4 Å². The van der Waals surface area contributed by atoms with Crippen LogP contribution >= 0.6 is 0 Å². The van der Waals surface area contributed by atoms with Crippen LogP contribution in [0.15, 0.2) is 29.2 Å². The molecule has 2 rings (SSSR count). The Balaban J connectivity index is 2.29. The largest absolute Gasteiger partial charge is 0.354 e. The van der Waals surface area contributed by atoms with Gasteiger partial charge in [0, 0.05) is 7.11 Å². The Morgan fingerprint density at radius 1 is 1.33 bits per heavy atom. The van der Waals surface area contributed by atoms with Crippen molar-refractivity contribution in [2.45, 2.75) is 31.3 Å². The van der Waals surface area contributed by atoms with Crippen molar-refractivity contribution < 1.29 is 17.9 Å². The molecule has 0 aromatic heterocycles. The van der Waals surface area contributed by atoms with Crippen LogP contribution in [-0.2, 0) is 19.5 Å². The number of nitrogens with zero attached hydrogens (tertiary/aromatic N) is 1. The van der Waals surface area contributed by atoms with Gasteiger partial charge in [0.05, 0.1) is 11.4 Å². The first-order valence-electron chi connectivity index (χ1n) is 5.72. The van der Waals surface area contributed by atoms with Crippen molar-refractivity contribution in [2.24, 2.45) is 0 Å². The Labute approximate surface area is 107 Å². The molecule has 1 saturated heterocycles. The Morgan fingerprint density at radius 2 is 1.94 bits per heavy atom. The van der Waals surface area contributed by atoms with E-state index in [0.717, 1.165) is 5.56 Å². The number of hydrogen-bond donors (Lipinski definition) is 0. The molecular weight excluding hydrogens is 254 g/mol. The second-order valence-corrected chi connectivity index (χ2v) is 6.18. The molecule has 1 aromatic carbocycles. The second-order valence-electron chi connectivity index (χ2n) is 4.29. The van der Waals surface area contributed by atoms with Crippen molar-refractivity contribution in [3.05, 3.63) is 29.8 Å². The number of rotatable bonds is 3. The fourth-order valence-electron chi connectivity index (χ4n) is 1.90. The Bertz CT molecular complexity index is 511. The first kappa shape index (κ1) is 13.5. The minimum atomic E-state index is -3.52. The number of sulfonamides is 1. The molecule has 0 aliphatic carbocycles. The van der Waals surface area contributed by atoms with Gasteiger partial charge in [-0.3, -0.25) is 0 Å². The zero-order chi connectivity index (χ0) is 13.3. The molecule has 0 bridgehead atoms. The van der Waals surface area contributed by atoms with Gasteiger partial charge in [-0.15, -0.1) is 0 Å². The van der Waals surface area contributed by atoms with Crippen molar-refractivity contribution in [3.8, 4) is 0 Å². The van der Waals surface area contributed by atoms with Gasteiger partial charge in [0.1, 0.15) is 6.23 Å². The summed E-state index contributed by atoms with van der Waals surface area (Å²) in [6.45, 7) is 3.83. The molecule has 2 atom stereocenters. The number of ether oxygens (including phenoxy) is 2. The Kier molecular flexibility index (Phi) is 3.72. The van der Waals surface area contributed by atoms with E-state index in [0.29, 0.717) is 0 Å². The van der Waals surface area contributed by atoms with Gasteiger partial charge >= 0.3 is 0 Å². The molecule has 6 heteroatoms. The van der Waals surface area contributed by atoms with Gasteiger partial charge in [0.25, 0.3) is 0 Å². The van der Waals surface area contributed by atoms with Crippen LogP contribution in [0.4, 0.5) is 0 Å². The molecule has 1 fully saturated rings. The topological polar surface area (TPSA) is 55.8 Å². The lowest BCUT2D eigenvalue weighted by molar-refractivity contribution is -0.108. The summed E-state index contributed by atoms with van der Waals surface area (Å²) in [7, 11) is -2.02. The predicted molar refractivity (Wildman–Crippen MR) is 66.4 cm³/mol. The summed E-state index contributed by atoms with van der Waals surface area (Å²) in [5, 5.41) is 0. The number of benzene rings is 1. The average molecular weight is 271 g/mol. The number of hydrogen-bond acceptors (Lipinski definition) is 4. The van der Waals surface area contributed by atoms with E-state index in [9.17, 15) is 8.42 Å². The van der Waals surface area contributed by atoms with E-state index in [1.54, 1.807) is 31.2 Å². The second kappa shape index (κ2) is 4.97. The Hall–Kier alpha value is -0.950. The summed E-state index contributed by atoms with van der Waals surface area (Å²) < 4.78 is 36.5. The predicted octanol–water partition coefficient (Wildman–Crippen LogP) is 1.33. The number of aryl methyl sites for hydroxylation is 1. The smallest absolute Gasteiger partial charge is 0.245 e. The van der Waals surface area contributed by atoms with Crippen molar-refractivity contribution in [1.29, 1.82) is 0 Å².